The second-order valence-electron chi connectivity index (χ2n) is 2.65. The van der Waals surface area contributed by atoms with Crippen LogP contribution in [0.25, 0.3) is 0 Å². The molecule has 0 spiro atoms. The highest BCUT2D eigenvalue weighted by Gasteiger charge is 2.01. The van der Waals surface area contributed by atoms with Crippen molar-refractivity contribution in [1.29, 1.82) is 0 Å². The molecule has 0 amide bonds. The molecule has 0 atom stereocenters. The molecule has 0 aromatic heterocycles. The number of nitrogens with two attached hydrogens (primary N) is 1. The number of hydrogen-bond donors (Lipinski definition) is 3. The first-order chi connectivity index (χ1) is 7.06. The largest absolute Gasteiger partial charge is 0.481 e. The summed E-state index contributed by atoms with van der Waals surface area (Å²) in [5.74, 6) is -2.62. The second-order valence-corrected chi connectivity index (χ2v) is 2.65. The molecule has 0 unspecified atom stereocenters. The minimum absolute atomic E-state index is 0.640. The topological polar surface area (TPSA) is 101 Å². The zero-order valence-corrected chi connectivity index (χ0v) is 8.09. The lowest BCUT2D eigenvalue weighted by molar-refractivity contribution is -0.147. The molecule has 82 valence electrons. The lowest BCUT2D eigenvalue weighted by Gasteiger charge is -1.90. The predicted octanol–water partition coefficient (Wildman–Crippen LogP) is 0.691. The maximum atomic E-state index is 9.43. The van der Waals surface area contributed by atoms with E-state index in [1.54, 1.807) is 0 Å². The molecule has 0 fully saturated rings. The summed E-state index contributed by atoms with van der Waals surface area (Å²) in [5, 5.41) is 15.4. The van der Waals surface area contributed by atoms with Crippen molar-refractivity contribution in [2.45, 2.75) is 13.0 Å². The first-order valence-electron chi connectivity index (χ1n) is 4.24. The number of hydrogen-bond acceptors (Lipinski definition) is 3. The highest BCUT2D eigenvalue weighted by molar-refractivity contribution is 5.88. The van der Waals surface area contributed by atoms with Crippen LogP contribution in [0.15, 0.2) is 30.3 Å². The summed E-state index contributed by atoms with van der Waals surface area (Å²) >= 11 is 0. The molecule has 5 heteroatoms. The maximum Gasteiger partial charge on any atom is 0.314 e. The van der Waals surface area contributed by atoms with E-state index in [2.05, 4.69) is 0 Å². The average molecular weight is 211 g/mol. The van der Waals surface area contributed by atoms with Crippen LogP contribution in [0.5, 0.6) is 0 Å². The average Bonchev–Trinajstić information content (AvgIpc) is 2.18. The van der Waals surface area contributed by atoms with Crippen molar-refractivity contribution in [1.82, 2.24) is 0 Å². The molecule has 4 N–H and O–H groups in total. The normalized spacial score (nSPS) is 8.60. The molecule has 0 saturated carbocycles. The Kier molecular flexibility index (Phi) is 6.57. The summed E-state index contributed by atoms with van der Waals surface area (Å²) in [7, 11) is 0. The predicted molar refractivity (Wildman–Crippen MR) is 54.2 cm³/mol. The summed E-state index contributed by atoms with van der Waals surface area (Å²) in [6, 6.07) is 9.99. The van der Waals surface area contributed by atoms with Gasteiger partial charge in [-0.25, -0.2) is 0 Å². The van der Waals surface area contributed by atoms with E-state index in [-0.39, 0.29) is 0 Å². The van der Waals surface area contributed by atoms with Gasteiger partial charge in [-0.3, -0.25) is 9.59 Å². The van der Waals surface area contributed by atoms with Crippen LogP contribution >= 0.6 is 0 Å². The van der Waals surface area contributed by atoms with Crippen LogP contribution in [0.2, 0.25) is 0 Å². The first kappa shape index (κ1) is 13.1. The lowest BCUT2D eigenvalue weighted by atomic mass is 10.2. The molecule has 5 nitrogen and oxygen atoms in total. The van der Waals surface area contributed by atoms with E-state index in [9.17, 15) is 9.59 Å². The minimum atomic E-state index is -1.31. The van der Waals surface area contributed by atoms with Crippen molar-refractivity contribution >= 4 is 11.9 Å². The number of aliphatic carboxylic acids is 2. The third kappa shape index (κ3) is 8.45. The third-order valence-electron chi connectivity index (χ3n) is 1.38. The lowest BCUT2D eigenvalue weighted by Crippen LogP contribution is -2.03. The molecule has 0 saturated heterocycles. The highest BCUT2D eigenvalue weighted by Crippen LogP contribution is 1.94. The fourth-order valence-electron chi connectivity index (χ4n) is 0.743. The Morgan fingerprint density at radius 2 is 1.53 bits per heavy atom. The smallest absolute Gasteiger partial charge is 0.314 e. The molecule has 0 bridgehead atoms. The zero-order valence-electron chi connectivity index (χ0n) is 8.09. The molecule has 1 aromatic rings. The Morgan fingerprint density at radius 1 is 1.07 bits per heavy atom. The van der Waals surface area contributed by atoms with Crippen LogP contribution in [-0.4, -0.2) is 22.2 Å². The molecule has 1 aromatic carbocycles. The van der Waals surface area contributed by atoms with Gasteiger partial charge >= 0.3 is 11.9 Å². The van der Waals surface area contributed by atoms with E-state index < -0.39 is 18.4 Å². The Morgan fingerprint density at radius 3 is 1.73 bits per heavy atom. The summed E-state index contributed by atoms with van der Waals surface area (Å²) < 4.78 is 0. The van der Waals surface area contributed by atoms with Gasteiger partial charge in [0, 0.05) is 6.54 Å². The number of carboxylic acids is 2. The van der Waals surface area contributed by atoms with Gasteiger partial charge in [0.15, 0.2) is 0 Å². The molecule has 0 aliphatic rings. The first-order valence-corrected chi connectivity index (χ1v) is 4.24. The van der Waals surface area contributed by atoms with Gasteiger partial charge in [-0.15, -0.1) is 0 Å². The molecule has 0 radical (unpaired) electrons. The van der Waals surface area contributed by atoms with Crippen molar-refractivity contribution in [2.75, 3.05) is 0 Å². The van der Waals surface area contributed by atoms with Crippen molar-refractivity contribution in [3.8, 4) is 0 Å². The van der Waals surface area contributed by atoms with E-state index in [1.165, 1.54) is 5.56 Å². The fourth-order valence-corrected chi connectivity index (χ4v) is 0.743. The molecular formula is C10H13NO4. The SMILES string of the molecule is NCc1ccccc1.O=C(O)CC(=O)O. The van der Waals surface area contributed by atoms with Crippen molar-refractivity contribution < 1.29 is 19.8 Å². The van der Waals surface area contributed by atoms with E-state index in [0.717, 1.165) is 0 Å². The Labute approximate surface area is 87.1 Å². The van der Waals surface area contributed by atoms with Crippen LogP contribution in [0, 0.1) is 0 Å². The van der Waals surface area contributed by atoms with E-state index >= 15 is 0 Å². The zero-order chi connectivity index (χ0) is 11.7. The maximum absolute atomic E-state index is 9.43. The number of benzene rings is 1. The van der Waals surface area contributed by atoms with Gasteiger partial charge in [0.1, 0.15) is 6.42 Å². The summed E-state index contributed by atoms with van der Waals surface area (Å²) in [5.41, 5.74) is 6.54. The van der Waals surface area contributed by atoms with Gasteiger partial charge in [0.2, 0.25) is 0 Å². The molecule has 0 aliphatic heterocycles. The highest BCUT2D eigenvalue weighted by atomic mass is 16.4. The second kappa shape index (κ2) is 7.52. The van der Waals surface area contributed by atoms with Gasteiger partial charge in [-0.1, -0.05) is 30.3 Å². The van der Waals surface area contributed by atoms with Gasteiger partial charge in [0.05, 0.1) is 0 Å². The van der Waals surface area contributed by atoms with E-state index in [0.29, 0.717) is 6.54 Å². The fraction of sp³-hybridized carbons (Fsp3) is 0.200. The minimum Gasteiger partial charge on any atom is -0.481 e. The van der Waals surface area contributed by atoms with Gasteiger partial charge in [0.25, 0.3) is 0 Å². The standard InChI is InChI=1S/C7H9N.C3H4O4/c8-6-7-4-2-1-3-5-7;4-2(5)1-3(6)7/h1-5H,6,8H2;1H2,(H,4,5)(H,6,7). The summed E-state index contributed by atoms with van der Waals surface area (Å²) in [4.78, 5) is 18.9. The van der Waals surface area contributed by atoms with Crippen LogP contribution in [-0.2, 0) is 16.1 Å². The Bertz CT molecular complexity index is 298. The van der Waals surface area contributed by atoms with Crippen LogP contribution < -0.4 is 5.73 Å². The van der Waals surface area contributed by atoms with Crippen molar-refractivity contribution in [3.05, 3.63) is 35.9 Å². The summed E-state index contributed by atoms with van der Waals surface area (Å²) in [6.45, 7) is 0.640. The Hall–Kier alpha value is -1.88. The van der Waals surface area contributed by atoms with Gasteiger partial charge in [-0.2, -0.15) is 0 Å². The van der Waals surface area contributed by atoms with Crippen molar-refractivity contribution in [3.63, 3.8) is 0 Å². The number of rotatable bonds is 3. The quantitative estimate of drug-likeness (QED) is 0.638. The van der Waals surface area contributed by atoms with Crippen LogP contribution in [0.4, 0.5) is 0 Å². The van der Waals surface area contributed by atoms with Gasteiger partial charge < -0.3 is 15.9 Å². The van der Waals surface area contributed by atoms with E-state index in [1.807, 2.05) is 30.3 Å². The molecule has 1 rings (SSSR count). The number of carbonyl (C=O) groups is 2. The van der Waals surface area contributed by atoms with Crippen LogP contribution in [0.1, 0.15) is 12.0 Å². The molecular weight excluding hydrogens is 198 g/mol. The summed E-state index contributed by atoms with van der Waals surface area (Å²) in [6.07, 6.45) is -0.806. The number of carboxylic acid groups (broad SMARTS) is 2. The van der Waals surface area contributed by atoms with E-state index in [4.69, 9.17) is 15.9 Å². The van der Waals surface area contributed by atoms with Gasteiger partial charge in [-0.05, 0) is 5.56 Å². The Balaban J connectivity index is 0.000000265. The molecule has 15 heavy (non-hydrogen) atoms. The monoisotopic (exact) mass is 211 g/mol. The van der Waals surface area contributed by atoms with Crippen LogP contribution in [0.3, 0.4) is 0 Å². The van der Waals surface area contributed by atoms with Crippen molar-refractivity contribution in [2.24, 2.45) is 5.73 Å². The molecule has 0 aliphatic carbocycles. The molecule has 0 heterocycles. The third-order valence-corrected chi connectivity index (χ3v) is 1.38.